The summed E-state index contributed by atoms with van der Waals surface area (Å²) in [5.74, 6) is -0.00793. The molecule has 7 heteroatoms. The van der Waals surface area contributed by atoms with Gasteiger partial charge in [0, 0.05) is 48.5 Å². The predicted octanol–water partition coefficient (Wildman–Crippen LogP) is 3.40. The number of halogens is 1. The number of fused-ring (bicyclic) bond motifs is 1. The predicted molar refractivity (Wildman–Crippen MR) is 111 cm³/mol. The Hall–Kier alpha value is -2.99. The Morgan fingerprint density at radius 3 is 2.71 bits per heavy atom. The summed E-state index contributed by atoms with van der Waals surface area (Å²) in [6, 6.07) is 16.9. The van der Waals surface area contributed by atoms with Crippen LogP contribution in [0.1, 0.15) is 6.42 Å². The molecular formula is C21H21ClN4O2. The molecule has 144 valence electrons. The third kappa shape index (κ3) is 3.97. The Labute approximate surface area is 168 Å². The SMILES string of the molecule is O=C(NCCn1ccc2ccccc21)N[C@H]1CC(=O)N(c2ccc(Cl)cc2)C1. The average molecular weight is 397 g/mol. The van der Waals surface area contributed by atoms with E-state index in [1.54, 1.807) is 17.0 Å². The Morgan fingerprint density at radius 2 is 1.89 bits per heavy atom. The average Bonchev–Trinajstić information content (AvgIpc) is 3.26. The minimum atomic E-state index is -0.257. The minimum absolute atomic E-state index is 0.00793. The zero-order chi connectivity index (χ0) is 19.5. The van der Waals surface area contributed by atoms with E-state index in [1.807, 2.05) is 30.5 Å². The summed E-state index contributed by atoms with van der Waals surface area (Å²) >= 11 is 5.90. The molecule has 1 fully saturated rings. The molecule has 0 spiro atoms. The maximum absolute atomic E-state index is 12.3. The number of hydrogen-bond acceptors (Lipinski definition) is 2. The monoisotopic (exact) mass is 396 g/mol. The molecule has 2 N–H and O–H groups in total. The van der Waals surface area contributed by atoms with E-state index in [9.17, 15) is 9.59 Å². The van der Waals surface area contributed by atoms with Crippen molar-refractivity contribution in [3.63, 3.8) is 0 Å². The molecule has 4 rings (SSSR count). The Bertz CT molecular complexity index is 999. The zero-order valence-corrected chi connectivity index (χ0v) is 16.0. The van der Waals surface area contributed by atoms with Gasteiger partial charge in [-0.05, 0) is 41.8 Å². The molecule has 1 saturated heterocycles. The standard InChI is InChI=1S/C21H21ClN4O2/c22-16-5-7-18(8-6-16)26-14-17(13-20(26)27)24-21(28)23-10-12-25-11-9-15-3-1-2-4-19(15)25/h1-9,11,17H,10,12-14H2,(H2,23,24,28)/t17-/m0/s1. The van der Waals surface area contributed by atoms with E-state index in [1.165, 1.54) is 5.39 Å². The number of nitrogens with zero attached hydrogens (tertiary/aromatic N) is 2. The lowest BCUT2D eigenvalue weighted by Crippen LogP contribution is -2.44. The van der Waals surface area contributed by atoms with Crippen molar-refractivity contribution in [2.45, 2.75) is 19.0 Å². The van der Waals surface area contributed by atoms with Gasteiger partial charge >= 0.3 is 6.03 Å². The van der Waals surface area contributed by atoms with E-state index in [-0.39, 0.29) is 24.4 Å². The van der Waals surface area contributed by atoms with Gasteiger partial charge in [0.15, 0.2) is 0 Å². The van der Waals surface area contributed by atoms with Crippen LogP contribution in [0.15, 0.2) is 60.8 Å². The fourth-order valence-electron chi connectivity index (χ4n) is 3.54. The number of para-hydroxylation sites is 1. The molecular weight excluding hydrogens is 376 g/mol. The Balaban J connectivity index is 1.27. The molecule has 6 nitrogen and oxygen atoms in total. The molecule has 0 aliphatic carbocycles. The maximum atomic E-state index is 12.3. The summed E-state index contributed by atoms with van der Waals surface area (Å²) < 4.78 is 2.11. The van der Waals surface area contributed by atoms with Gasteiger partial charge < -0.3 is 20.1 Å². The smallest absolute Gasteiger partial charge is 0.315 e. The summed E-state index contributed by atoms with van der Waals surface area (Å²) in [4.78, 5) is 26.1. The van der Waals surface area contributed by atoms with Crippen LogP contribution in [0.4, 0.5) is 10.5 Å². The molecule has 1 aliphatic rings. The minimum Gasteiger partial charge on any atom is -0.346 e. The quantitative estimate of drug-likeness (QED) is 0.694. The van der Waals surface area contributed by atoms with Crippen molar-refractivity contribution in [3.05, 3.63) is 65.8 Å². The summed E-state index contributed by atoms with van der Waals surface area (Å²) in [6.07, 6.45) is 2.31. The van der Waals surface area contributed by atoms with Gasteiger partial charge in [0.05, 0.1) is 6.04 Å². The zero-order valence-electron chi connectivity index (χ0n) is 15.3. The van der Waals surface area contributed by atoms with Gasteiger partial charge in [0.1, 0.15) is 0 Å². The number of nitrogens with one attached hydrogen (secondary N) is 2. The van der Waals surface area contributed by atoms with E-state index in [2.05, 4.69) is 33.4 Å². The first kappa shape index (κ1) is 18.4. The second-order valence-electron chi connectivity index (χ2n) is 6.85. The van der Waals surface area contributed by atoms with Crippen molar-refractivity contribution in [1.29, 1.82) is 0 Å². The molecule has 0 saturated carbocycles. The molecule has 0 radical (unpaired) electrons. The van der Waals surface area contributed by atoms with E-state index in [0.717, 1.165) is 11.2 Å². The van der Waals surface area contributed by atoms with Crippen molar-refractivity contribution in [1.82, 2.24) is 15.2 Å². The van der Waals surface area contributed by atoms with Crippen LogP contribution in [0, 0.1) is 0 Å². The number of hydrogen-bond donors (Lipinski definition) is 2. The van der Waals surface area contributed by atoms with Crippen LogP contribution < -0.4 is 15.5 Å². The summed E-state index contributed by atoms with van der Waals surface area (Å²) in [7, 11) is 0. The second-order valence-corrected chi connectivity index (χ2v) is 7.29. The van der Waals surface area contributed by atoms with Crippen molar-refractivity contribution < 1.29 is 9.59 Å². The lowest BCUT2D eigenvalue weighted by Gasteiger charge is -2.17. The van der Waals surface area contributed by atoms with Crippen LogP contribution in [0.25, 0.3) is 10.9 Å². The molecule has 2 heterocycles. The first-order valence-electron chi connectivity index (χ1n) is 9.24. The van der Waals surface area contributed by atoms with Crippen LogP contribution in [-0.2, 0) is 11.3 Å². The van der Waals surface area contributed by atoms with Crippen LogP contribution >= 0.6 is 11.6 Å². The topological polar surface area (TPSA) is 66.4 Å². The normalized spacial score (nSPS) is 16.5. The molecule has 28 heavy (non-hydrogen) atoms. The summed E-state index contributed by atoms with van der Waals surface area (Å²) in [5.41, 5.74) is 1.93. The van der Waals surface area contributed by atoms with Crippen LogP contribution in [-0.4, -0.2) is 35.6 Å². The second kappa shape index (κ2) is 7.94. The number of carbonyl (C=O) groups excluding carboxylic acids is 2. The molecule has 3 amide bonds. The van der Waals surface area contributed by atoms with Gasteiger partial charge in [-0.3, -0.25) is 4.79 Å². The summed E-state index contributed by atoms with van der Waals surface area (Å²) in [6.45, 7) is 1.64. The molecule has 1 aromatic heterocycles. The van der Waals surface area contributed by atoms with Crippen molar-refractivity contribution in [2.75, 3.05) is 18.0 Å². The number of rotatable bonds is 5. The molecule has 1 atom stereocenters. The molecule has 1 aliphatic heterocycles. The molecule has 0 bridgehead atoms. The first-order valence-corrected chi connectivity index (χ1v) is 9.62. The first-order chi connectivity index (χ1) is 13.6. The highest BCUT2D eigenvalue weighted by Crippen LogP contribution is 2.23. The van der Waals surface area contributed by atoms with E-state index in [0.29, 0.717) is 24.7 Å². The lowest BCUT2D eigenvalue weighted by atomic mass is 10.2. The van der Waals surface area contributed by atoms with Crippen LogP contribution in [0.2, 0.25) is 5.02 Å². The summed E-state index contributed by atoms with van der Waals surface area (Å²) in [5, 5.41) is 7.57. The van der Waals surface area contributed by atoms with Gasteiger partial charge in [0.25, 0.3) is 0 Å². The van der Waals surface area contributed by atoms with Gasteiger partial charge in [-0.1, -0.05) is 29.8 Å². The fraction of sp³-hybridized carbons (Fsp3) is 0.238. The Morgan fingerprint density at radius 1 is 1.11 bits per heavy atom. The van der Waals surface area contributed by atoms with Gasteiger partial charge in [-0.15, -0.1) is 0 Å². The van der Waals surface area contributed by atoms with Crippen molar-refractivity contribution >= 4 is 40.1 Å². The number of carbonyl (C=O) groups is 2. The van der Waals surface area contributed by atoms with E-state index >= 15 is 0 Å². The maximum Gasteiger partial charge on any atom is 0.315 e. The third-order valence-corrected chi connectivity index (χ3v) is 5.17. The largest absolute Gasteiger partial charge is 0.346 e. The molecule has 0 unspecified atom stereocenters. The lowest BCUT2D eigenvalue weighted by molar-refractivity contribution is -0.117. The van der Waals surface area contributed by atoms with Gasteiger partial charge in [0.2, 0.25) is 5.91 Å². The van der Waals surface area contributed by atoms with Crippen molar-refractivity contribution in [2.24, 2.45) is 0 Å². The molecule has 2 aromatic carbocycles. The van der Waals surface area contributed by atoms with E-state index in [4.69, 9.17) is 11.6 Å². The Kier molecular flexibility index (Phi) is 5.21. The third-order valence-electron chi connectivity index (χ3n) is 4.92. The number of urea groups is 1. The number of anilines is 1. The highest BCUT2D eigenvalue weighted by molar-refractivity contribution is 6.30. The number of aromatic nitrogens is 1. The number of benzene rings is 2. The highest BCUT2D eigenvalue weighted by atomic mass is 35.5. The molecule has 3 aromatic rings. The highest BCUT2D eigenvalue weighted by Gasteiger charge is 2.31. The van der Waals surface area contributed by atoms with Crippen molar-refractivity contribution in [3.8, 4) is 0 Å². The van der Waals surface area contributed by atoms with Gasteiger partial charge in [-0.25, -0.2) is 4.79 Å². The van der Waals surface area contributed by atoms with Gasteiger partial charge in [-0.2, -0.15) is 0 Å². The van der Waals surface area contributed by atoms with Crippen LogP contribution in [0.3, 0.4) is 0 Å². The number of amides is 3. The van der Waals surface area contributed by atoms with E-state index < -0.39 is 0 Å². The fourth-order valence-corrected chi connectivity index (χ4v) is 3.66. The van der Waals surface area contributed by atoms with Crippen LogP contribution in [0.5, 0.6) is 0 Å².